The van der Waals surface area contributed by atoms with E-state index in [9.17, 15) is 4.79 Å². The Morgan fingerprint density at radius 2 is 1.46 bits per heavy atom. The highest BCUT2D eigenvalue weighted by Crippen LogP contribution is 2.17. The molecule has 5 nitrogen and oxygen atoms in total. The molecule has 0 heterocycles. The first-order valence-corrected chi connectivity index (χ1v) is 7.42. The fourth-order valence-electron chi connectivity index (χ4n) is 2.22. The molecular weight excluding hydrogens is 300 g/mol. The van der Waals surface area contributed by atoms with Gasteiger partial charge in [-0.05, 0) is 54.6 Å². The van der Waals surface area contributed by atoms with E-state index in [-0.39, 0.29) is 17.3 Å². The van der Waals surface area contributed by atoms with Crippen LogP contribution in [0.25, 0.3) is 0 Å². The number of nitrogens with one attached hydrogen (secondary N) is 4. The van der Waals surface area contributed by atoms with Gasteiger partial charge in [0.2, 0.25) is 0 Å². The molecule has 3 rings (SSSR count). The Morgan fingerprint density at radius 3 is 2.12 bits per heavy atom. The topological polar surface area (TPSA) is 88.8 Å². The zero-order valence-corrected chi connectivity index (χ0v) is 12.8. The number of anilines is 2. The van der Waals surface area contributed by atoms with E-state index < -0.39 is 0 Å². The zero-order chi connectivity index (χ0) is 16.9. The summed E-state index contributed by atoms with van der Waals surface area (Å²) in [7, 11) is 0. The van der Waals surface area contributed by atoms with E-state index in [1.807, 2.05) is 42.5 Å². The van der Waals surface area contributed by atoms with Crippen LogP contribution in [0.1, 0.15) is 10.4 Å². The van der Waals surface area contributed by atoms with Crippen LogP contribution < -0.4 is 10.6 Å². The van der Waals surface area contributed by atoms with E-state index in [4.69, 9.17) is 10.8 Å². The van der Waals surface area contributed by atoms with Gasteiger partial charge >= 0.3 is 0 Å². The highest BCUT2D eigenvalue weighted by molar-refractivity contribution is 6.49. The molecule has 0 saturated heterocycles. The fourth-order valence-corrected chi connectivity index (χ4v) is 2.22. The van der Waals surface area contributed by atoms with Crippen LogP contribution in [0.5, 0.6) is 0 Å². The number of amides is 1. The van der Waals surface area contributed by atoms with Crippen molar-refractivity contribution in [3.63, 3.8) is 0 Å². The van der Waals surface area contributed by atoms with Gasteiger partial charge in [0, 0.05) is 22.6 Å². The van der Waals surface area contributed by atoms with Gasteiger partial charge in [-0.15, -0.1) is 0 Å². The molecule has 1 aliphatic rings. The van der Waals surface area contributed by atoms with Crippen molar-refractivity contribution in [2.24, 2.45) is 0 Å². The van der Waals surface area contributed by atoms with Gasteiger partial charge in [-0.25, -0.2) is 0 Å². The average molecular weight is 316 g/mol. The molecule has 2 aromatic rings. The number of allylic oxidation sites excluding steroid dienone is 3. The van der Waals surface area contributed by atoms with Crippen LogP contribution in [0.3, 0.4) is 0 Å². The number of rotatable bonds is 4. The standard InChI is InChI=1S/C19H16N4O/c20-17-11-10-16(12-18(17)21)22-14-6-8-15(9-7-14)23-19(24)13-4-2-1-3-5-13/h1-12,20-22H,(H,23,24). The molecule has 0 aliphatic heterocycles. The van der Waals surface area contributed by atoms with Gasteiger partial charge in [0.1, 0.15) is 0 Å². The molecular formula is C19H16N4O. The maximum absolute atomic E-state index is 12.1. The van der Waals surface area contributed by atoms with Crippen LogP contribution in [0.15, 0.2) is 78.5 Å². The largest absolute Gasteiger partial charge is 0.355 e. The third kappa shape index (κ3) is 3.64. The number of hydrogen-bond acceptors (Lipinski definition) is 4. The lowest BCUT2D eigenvalue weighted by Gasteiger charge is -2.12. The lowest BCUT2D eigenvalue weighted by atomic mass is 10.1. The highest BCUT2D eigenvalue weighted by Gasteiger charge is 2.07. The van der Waals surface area contributed by atoms with Crippen molar-refractivity contribution in [3.05, 3.63) is 84.1 Å². The van der Waals surface area contributed by atoms with Gasteiger partial charge in [0.25, 0.3) is 5.91 Å². The third-order valence-electron chi connectivity index (χ3n) is 3.49. The summed E-state index contributed by atoms with van der Waals surface area (Å²) in [6.07, 6.45) is 4.94. The summed E-state index contributed by atoms with van der Waals surface area (Å²) < 4.78 is 0. The lowest BCUT2D eigenvalue weighted by molar-refractivity contribution is 0.102. The van der Waals surface area contributed by atoms with Gasteiger partial charge in [-0.1, -0.05) is 18.2 Å². The second kappa shape index (κ2) is 6.75. The van der Waals surface area contributed by atoms with Crippen LogP contribution >= 0.6 is 0 Å². The fraction of sp³-hybridized carbons (Fsp3) is 0. The number of carbonyl (C=O) groups is 1. The molecule has 0 bridgehead atoms. The van der Waals surface area contributed by atoms with Gasteiger partial charge < -0.3 is 10.6 Å². The summed E-state index contributed by atoms with van der Waals surface area (Å²) in [6, 6.07) is 16.4. The van der Waals surface area contributed by atoms with E-state index in [2.05, 4.69) is 10.6 Å². The molecule has 0 aromatic heterocycles. The van der Waals surface area contributed by atoms with Crippen molar-refractivity contribution in [2.45, 2.75) is 0 Å². The molecule has 0 unspecified atom stereocenters. The van der Waals surface area contributed by atoms with Crippen LogP contribution in [0.4, 0.5) is 11.4 Å². The molecule has 0 spiro atoms. The van der Waals surface area contributed by atoms with Crippen molar-refractivity contribution in [2.75, 3.05) is 10.6 Å². The Kier molecular flexibility index (Phi) is 4.34. The van der Waals surface area contributed by atoms with Crippen LogP contribution in [0.2, 0.25) is 0 Å². The Labute approximate surface area is 139 Å². The SMILES string of the molecule is N=C1C=CC(Nc2ccc(NC(=O)c3ccccc3)cc2)=CC1=N. The number of benzene rings is 2. The quantitative estimate of drug-likeness (QED) is 0.646. The molecule has 0 saturated carbocycles. The Hall–Kier alpha value is -3.47. The molecule has 0 fully saturated rings. The second-order valence-corrected chi connectivity index (χ2v) is 5.28. The summed E-state index contributed by atoms with van der Waals surface area (Å²) in [4.78, 5) is 12.1. The van der Waals surface area contributed by atoms with Gasteiger partial charge in [-0.2, -0.15) is 0 Å². The minimum atomic E-state index is -0.152. The summed E-state index contributed by atoms with van der Waals surface area (Å²) in [5, 5.41) is 21.2. The van der Waals surface area contributed by atoms with Gasteiger partial charge in [0.05, 0.1) is 11.4 Å². The maximum Gasteiger partial charge on any atom is 0.255 e. The first-order valence-electron chi connectivity index (χ1n) is 7.42. The van der Waals surface area contributed by atoms with Crippen molar-refractivity contribution in [1.82, 2.24) is 0 Å². The maximum atomic E-state index is 12.1. The first-order chi connectivity index (χ1) is 11.6. The minimum Gasteiger partial charge on any atom is -0.355 e. The van der Waals surface area contributed by atoms with Gasteiger partial charge in [-0.3, -0.25) is 15.6 Å². The van der Waals surface area contributed by atoms with E-state index in [1.54, 1.807) is 30.4 Å². The predicted molar refractivity (Wildman–Crippen MR) is 97.1 cm³/mol. The van der Waals surface area contributed by atoms with E-state index in [0.717, 1.165) is 11.4 Å². The summed E-state index contributed by atoms with van der Waals surface area (Å²) >= 11 is 0. The van der Waals surface area contributed by atoms with Crippen LogP contribution in [-0.2, 0) is 0 Å². The number of carbonyl (C=O) groups excluding carboxylic acids is 1. The lowest BCUT2D eigenvalue weighted by Crippen LogP contribution is -2.13. The highest BCUT2D eigenvalue weighted by atomic mass is 16.1. The molecule has 1 aliphatic carbocycles. The Morgan fingerprint density at radius 1 is 0.792 bits per heavy atom. The smallest absolute Gasteiger partial charge is 0.255 e. The summed E-state index contributed by atoms with van der Waals surface area (Å²) in [5.41, 5.74) is 3.27. The molecule has 24 heavy (non-hydrogen) atoms. The van der Waals surface area contributed by atoms with E-state index in [0.29, 0.717) is 11.3 Å². The van der Waals surface area contributed by atoms with Crippen molar-refractivity contribution in [3.8, 4) is 0 Å². The first kappa shape index (κ1) is 15.4. The summed E-state index contributed by atoms with van der Waals surface area (Å²) in [5.74, 6) is -0.152. The summed E-state index contributed by atoms with van der Waals surface area (Å²) in [6.45, 7) is 0. The predicted octanol–water partition coefficient (Wildman–Crippen LogP) is 3.84. The third-order valence-corrected chi connectivity index (χ3v) is 3.49. The van der Waals surface area contributed by atoms with E-state index in [1.165, 1.54) is 0 Å². The van der Waals surface area contributed by atoms with Crippen LogP contribution in [0, 0.1) is 10.8 Å². The molecule has 2 aromatic carbocycles. The minimum absolute atomic E-state index is 0.152. The molecule has 0 radical (unpaired) electrons. The molecule has 118 valence electrons. The second-order valence-electron chi connectivity index (χ2n) is 5.28. The Balaban J connectivity index is 1.65. The molecule has 1 amide bonds. The van der Waals surface area contributed by atoms with Crippen molar-refractivity contribution < 1.29 is 4.79 Å². The molecule has 5 heteroatoms. The van der Waals surface area contributed by atoms with Crippen LogP contribution in [-0.4, -0.2) is 17.3 Å². The normalized spacial score (nSPS) is 13.4. The molecule has 4 N–H and O–H groups in total. The average Bonchev–Trinajstić information content (AvgIpc) is 2.61. The van der Waals surface area contributed by atoms with Gasteiger partial charge in [0.15, 0.2) is 0 Å². The molecule has 0 atom stereocenters. The Bertz CT molecular complexity index is 849. The number of hydrogen-bond donors (Lipinski definition) is 4. The van der Waals surface area contributed by atoms with Crippen molar-refractivity contribution in [1.29, 1.82) is 10.8 Å². The zero-order valence-electron chi connectivity index (χ0n) is 12.8. The monoisotopic (exact) mass is 316 g/mol. The van der Waals surface area contributed by atoms with Crippen molar-refractivity contribution >= 4 is 28.7 Å². The van der Waals surface area contributed by atoms with E-state index >= 15 is 0 Å².